The molecule has 142 valence electrons. The number of anilines is 1. The van der Waals surface area contributed by atoms with Crippen LogP contribution in [0.25, 0.3) is 0 Å². The number of imide groups is 1. The summed E-state index contributed by atoms with van der Waals surface area (Å²) in [5.41, 5.74) is -0.0142. The van der Waals surface area contributed by atoms with Crippen molar-refractivity contribution in [3.05, 3.63) is 29.8 Å². The fourth-order valence-electron chi connectivity index (χ4n) is 1.67. The van der Waals surface area contributed by atoms with Crippen LogP contribution in [0.4, 0.5) is 15.3 Å². The molecule has 0 heterocycles. The van der Waals surface area contributed by atoms with E-state index in [9.17, 15) is 19.2 Å². The zero-order valence-corrected chi connectivity index (χ0v) is 15.3. The van der Waals surface area contributed by atoms with E-state index in [-0.39, 0.29) is 5.56 Å². The molecule has 0 aromatic heterocycles. The summed E-state index contributed by atoms with van der Waals surface area (Å²) in [6.45, 7) is 6.57. The number of urea groups is 1. The highest BCUT2D eigenvalue weighted by molar-refractivity contribution is 5.98. The maximum atomic E-state index is 12.0. The van der Waals surface area contributed by atoms with Crippen LogP contribution in [0.5, 0.6) is 0 Å². The Morgan fingerprint density at radius 1 is 1.04 bits per heavy atom. The normalized spacial score (nSPS) is 11.7. The van der Waals surface area contributed by atoms with E-state index in [1.54, 1.807) is 20.8 Å². The Balaban J connectivity index is 2.62. The highest BCUT2D eigenvalue weighted by Gasteiger charge is 2.21. The lowest BCUT2D eigenvalue weighted by Crippen LogP contribution is -2.43. The Kier molecular flexibility index (Phi) is 7.12. The molecule has 0 saturated carbocycles. The Morgan fingerprint density at radius 3 is 2.12 bits per heavy atom. The maximum Gasteiger partial charge on any atom is 0.412 e. The average Bonchev–Trinajstić information content (AvgIpc) is 2.53. The zero-order chi connectivity index (χ0) is 19.9. The summed E-state index contributed by atoms with van der Waals surface area (Å²) in [7, 11) is 1.35. The molecule has 1 atom stereocenters. The van der Waals surface area contributed by atoms with Gasteiger partial charge in [0, 0.05) is 12.7 Å². The van der Waals surface area contributed by atoms with E-state index in [2.05, 4.69) is 10.6 Å². The molecule has 9 nitrogen and oxygen atoms in total. The number of hydrogen-bond donors (Lipinski definition) is 3. The summed E-state index contributed by atoms with van der Waals surface area (Å²) < 4.78 is 10.1. The van der Waals surface area contributed by atoms with Crippen LogP contribution in [0.2, 0.25) is 0 Å². The molecule has 0 unspecified atom stereocenters. The highest BCUT2D eigenvalue weighted by atomic mass is 16.6. The van der Waals surface area contributed by atoms with Crippen molar-refractivity contribution in [1.82, 2.24) is 10.6 Å². The van der Waals surface area contributed by atoms with Crippen LogP contribution in [0, 0.1) is 0 Å². The predicted molar refractivity (Wildman–Crippen MR) is 93.8 cm³/mol. The first kappa shape index (κ1) is 20.9. The smallest absolute Gasteiger partial charge is 0.412 e. The van der Waals surface area contributed by atoms with Gasteiger partial charge < -0.3 is 14.8 Å². The third-order valence-electron chi connectivity index (χ3n) is 2.88. The Morgan fingerprint density at radius 2 is 1.62 bits per heavy atom. The average molecular weight is 365 g/mol. The molecule has 0 fully saturated rings. The Bertz CT molecular complexity index is 679. The zero-order valence-electron chi connectivity index (χ0n) is 15.3. The Hall–Kier alpha value is -3.10. The Labute approximate surface area is 151 Å². The van der Waals surface area contributed by atoms with Crippen LogP contribution in [0.1, 0.15) is 38.1 Å². The molecular formula is C17H23N3O6. The molecule has 0 radical (unpaired) electrons. The third-order valence-corrected chi connectivity index (χ3v) is 2.88. The number of carbonyl (C=O) groups excluding carboxylic acids is 4. The molecule has 0 aliphatic carbocycles. The highest BCUT2D eigenvalue weighted by Crippen LogP contribution is 2.14. The minimum atomic E-state index is -1.15. The van der Waals surface area contributed by atoms with E-state index < -0.39 is 35.7 Å². The monoisotopic (exact) mass is 365 g/mol. The summed E-state index contributed by atoms with van der Waals surface area (Å²) in [6, 6.07) is 5.15. The van der Waals surface area contributed by atoms with Crippen molar-refractivity contribution in [2.75, 3.05) is 12.4 Å². The topological polar surface area (TPSA) is 123 Å². The molecule has 1 rings (SSSR count). The van der Waals surface area contributed by atoms with Crippen LogP contribution in [-0.2, 0) is 14.3 Å². The van der Waals surface area contributed by atoms with Gasteiger partial charge in [-0.3, -0.25) is 15.4 Å². The summed E-state index contributed by atoms with van der Waals surface area (Å²) in [5, 5.41) is 6.75. The molecule has 3 N–H and O–H groups in total. The van der Waals surface area contributed by atoms with E-state index in [0.29, 0.717) is 5.69 Å². The maximum absolute atomic E-state index is 12.0. The minimum Gasteiger partial charge on any atom is -0.449 e. The second-order valence-corrected chi connectivity index (χ2v) is 6.32. The number of hydrogen-bond acceptors (Lipinski definition) is 6. The van der Waals surface area contributed by atoms with Crippen LogP contribution in [0.3, 0.4) is 0 Å². The first-order valence-corrected chi connectivity index (χ1v) is 7.85. The van der Waals surface area contributed by atoms with E-state index in [4.69, 9.17) is 9.47 Å². The molecule has 0 saturated heterocycles. The minimum absolute atomic E-state index is 0.180. The summed E-state index contributed by atoms with van der Waals surface area (Å²) in [4.78, 5) is 46.4. The molecule has 26 heavy (non-hydrogen) atoms. The lowest BCUT2D eigenvalue weighted by molar-refractivity contribution is -0.127. The van der Waals surface area contributed by atoms with Crippen LogP contribution in [-0.4, -0.2) is 42.8 Å². The van der Waals surface area contributed by atoms with Crippen molar-refractivity contribution in [3.63, 3.8) is 0 Å². The third kappa shape index (κ3) is 7.20. The largest absolute Gasteiger partial charge is 0.449 e. The summed E-state index contributed by atoms with van der Waals surface area (Å²) >= 11 is 0. The van der Waals surface area contributed by atoms with Gasteiger partial charge in [-0.05, 0) is 52.0 Å². The van der Waals surface area contributed by atoms with E-state index in [1.807, 2.05) is 5.32 Å². The number of nitrogens with one attached hydrogen (secondary N) is 3. The fourth-order valence-corrected chi connectivity index (χ4v) is 1.67. The molecule has 9 heteroatoms. The van der Waals surface area contributed by atoms with E-state index in [1.165, 1.54) is 38.2 Å². The number of amides is 4. The number of ether oxygens (including phenoxy) is 2. The molecule has 0 aliphatic rings. The lowest BCUT2D eigenvalue weighted by Gasteiger charge is -2.19. The fraction of sp³-hybridized carbons (Fsp3) is 0.412. The van der Waals surface area contributed by atoms with Gasteiger partial charge in [0.2, 0.25) is 0 Å². The first-order valence-electron chi connectivity index (χ1n) is 7.85. The van der Waals surface area contributed by atoms with Crippen LogP contribution >= 0.6 is 0 Å². The van der Waals surface area contributed by atoms with Crippen molar-refractivity contribution in [1.29, 1.82) is 0 Å². The molecule has 1 aromatic carbocycles. The van der Waals surface area contributed by atoms with Gasteiger partial charge in [-0.2, -0.15) is 0 Å². The van der Waals surface area contributed by atoms with Gasteiger partial charge in [0.25, 0.3) is 5.91 Å². The van der Waals surface area contributed by atoms with Crippen molar-refractivity contribution in [2.45, 2.75) is 39.4 Å². The molecule has 4 amide bonds. The molecular weight excluding hydrogens is 342 g/mol. The number of rotatable bonds is 4. The van der Waals surface area contributed by atoms with Crippen LogP contribution < -0.4 is 16.0 Å². The van der Waals surface area contributed by atoms with Crippen LogP contribution in [0.15, 0.2) is 24.3 Å². The van der Waals surface area contributed by atoms with Crippen molar-refractivity contribution in [2.24, 2.45) is 0 Å². The molecule has 0 aliphatic heterocycles. The van der Waals surface area contributed by atoms with Gasteiger partial charge in [-0.15, -0.1) is 0 Å². The van der Waals surface area contributed by atoms with Crippen molar-refractivity contribution in [3.8, 4) is 0 Å². The van der Waals surface area contributed by atoms with Gasteiger partial charge in [0.15, 0.2) is 6.10 Å². The van der Waals surface area contributed by atoms with Gasteiger partial charge in [0.1, 0.15) is 5.60 Å². The molecule has 1 aromatic rings. The van der Waals surface area contributed by atoms with Crippen molar-refractivity contribution >= 4 is 29.7 Å². The van der Waals surface area contributed by atoms with Gasteiger partial charge in [-0.1, -0.05) is 0 Å². The van der Waals surface area contributed by atoms with Gasteiger partial charge in [-0.25, -0.2) is 14.4 Å². The second kappa shape index (κ2) is 8.84. The van der Waals surface area contributed by atoms with Gasteiger partial charge >= 0.3 is 18.1 Å². The van der Waals surface area contributed by atoms with E-state index in [0.717, 1.165) is 0 Å². The number of esters is 1. The number of carbonyl (C=O) groups is 4. The van der Waals surface area contributed by atoms with Gasteiger partial charge in [0.05, 0.1) is 5.56 Å². The quantitative estimate of drug-likeness (QED) is 0.702. The summed E-state index contributed by atoms with van der Waals surface area (Å²) in [5.74, 6) is -1.49. The standard InChI is InChI=1S/C17H23N3O6/c1-10(13(21)20-15(23)18-5)25-14(22)11-6-8-12(9-7-11)19-16(24)26-17(2,3)4/h6-10H,1-5H3,(H,19,24)(H2,18,20,21,23)/t10-/m1/s1. The van der Waals surface area contributed by atoms with Crippen molar-refractivity contribution < 1.29 is 28.7 Å². The van der Waals surface area contributed by atoms with E-state index >= 15 is 0 Å². The molecule has 0 spiro atoms. The number of benzene rings is 1. The SMILES string of the molecule is CNC(=O)NC(=O)[C@@H](C)OC(=O)c1ccc(NC(=O)OC(C)(C)C)cc1. The summed E-state index contributed by atoms with van der Waals surface area (Å²) in [6.07, 6.45) is -1.77. The lowest BCUT2D eigenvalue weighted by atomic mass is 10.2. The predicted octanol–water partition coefficient (Wildman–Crippen LogP) is 2.03. The first-order chi connectivity index (χ1) is 12.0. The molecule has 0 bridgehead atoms. The second-order valence-electron chi connectivity index (χ2n) is 6.32.